The molecule has 3 aromatic carbocycles. The molecule has 3 aromatic rings. The zero-order valence-corrected chi connectivity index (χ0v) is 16.8. The van der Waals surface area contributed by atoms with Crippen molar-refractivity contribution < 1.29 is 9.72 Å². The molecular weight excluding hydrogens is 396 g/mol. The van der Waals surface area contributed by atoms with Gasteiger partial charge in [-0.25, -0.2) is 0 Å². The predicted octanol–water partition coefficient (Wildman–Crippen LogP) is 6.27. The fourth-order valence-corrected chi connectivity index (χ4v) is 3.86. The van der Waals surface area contributed by atoms with Crippen LogP contribution in [0.15, 0.2) is 70.5 Å². The Morgan fingerprint density at radius 1 is 1.04 bits per heavy atom. The number of amides is 1. The van der Waals surface area contributed by atoms with Crippen LogP contribution in [0.3, 0.4) is 0 Å². The number of carbonyl (C=O) groups is 1. The lowest BCUT2D eigenvalue weighted by Gasteiger charge is -2.10. The number of halogens is 1. The van der Waals surface area contributed by atoms with E-state index >= 15 is 0 Å². The first kappa shape index (κ1) is 19.9. The van der Waals surface area contributed by atoms with Crippen LogP contribution in [0.1, 0.15) is 21.5 Å². The summed E-state index contributed by atoms with van der Waals surface area (Å²) in [6, 6.07) is 17.2. The van der Waals surface area contributed by atoms with E-state index in [0.29, 0.717) is 20.5 Å². The summed E-state index contributed by atoms with van der Waals surface area (Å²) in [5.74, 6) is -0.399. The van der Waals surface area contributed by atoms with E-state index in [1.165, 1.54) is 17.8 Å². The van der Waals surface area contributed by atoms with Crippen LogP contribution in [0, 0.1) is 24.0 Å². The molecule has 0 unspecified atom stereocenters. The van der Waals surface area contributed by atoms with Gasteiger partial charge in [-0.1, -0.05) is 53.2 Å². The first-order valence-electron chi connectivity index (χ1n) is 8.44. The molecule has 0 spiro atoms. The quantitative estimate of drug-likeness (QED) is 0.396. The minimum atomic E-state index is -0.493. The van der Waals surface area contributed by atoms with Gasteiger partial charge >= 0.3 is 0 Å². The van der Waals surface area contributed by atoms with E-state index in [1.807, 2.05) is 38.1 Å². The molecule has 0 atom stereocenters. The van der Waals surface area contributed by atoms with Crippen LogP contribution in [-0.4, -0.2) is 10.8 Å². The standard InChI is InChI=1S/C21H17ClN2O3S/c1-13-7-9-17(14(2)11-13)23-21(25)15-8-10-20(18(12-15)24(26)27)28-19-6-4-3-5-16(19)22/h3-12H,1-2H3,(H,23,25). The van der Waals surface area contributed by atoms with E-state index in [-0.39, 0.29) is 11.3 Å². The van der Waals surface area contributed by atoms with E-state index < -0.39 is 10.8 Å². The Balaban J connectivity index is 1.89. The van der Waals surface area contributed by atoms with E-state index in [9.17, 15) is 14.9 Å². The molecule has 0 aliphatic rings. The third-order valence-corrected chi connectivity index (χ3v) is 5.69. The Kier molecular flexibility index (Phi) is 6.02. The van der Waals surface area contributed by atoms with Crippen molar-refractivity contribution in [2.45, 2.75) is 23.6 Å². The topological polar surface area (TPSA) is 72.2 Å². The fourth-order valence-electron chi connectivity index (χ4n) is 2.68. The minimum Gasteiger partial charge on any atom is -0.322 e. The van der Waals surface area contributed by atoms with Gasteiger partial charge in [0, 0.05) is 22.2 Å². The van der Waals surface area contributed by atoms with Crippen molar-refractivity contribution in [1.29, 1.82) is 0 Å². The summed E-state index contributed by atoms with van der Waals surface area (Å²) in [6.07, 6.45) is 0. The van der Waals surface area contributed by atoms with Gasteiger partial charge in [0.15, 0.2) is 0 Å². The molecular formula is C21H17ClN2O3S. The molecule has 0 saturated heterocycles. The van der Waals surface area contributed by atoms with Crippen molar-refractivity contribution in [3.63, 3.8) is 0 Å². The molecule has 0 saturated carbocycles. The molecule has 142 valence electrons. The first-order valence-corrected chi connectivity index (χ1v) is 9.64. The van der Waals surface area contributed by atoms with Gasteiger partial charge in [0.05, 0.1) is 14.8 Å². The molecule has 1 N–H and O–H groups in total. The number of nitrogens with zero attached hydrogens (tertiary/aromatic N) is 1. The first-order chi connectivity index (χ1) is 13.3. The second-order valence-corrected chi connectivity index (χ2v) is 7.74. The second kappa shape index (κ2) is 8.46. The highest BCUT2D eigenvalue weighted by Crippen LogP contribution is 2.38. The van der Waals surface area contributed by atoms with E-state index in [0.717, 1.165) is 11.1 Å². The lowest BCUT2D eigenvalue weighted by molar-refractivity contribution is -0.387. The number of anilines is 1. The summed E-state index contributed by atoms with van der Waals surface area (Å²) < 4.78 is 0. The normalized spacial score (nSPS) is 10.5. The molecule has 7 heteroatoms. The van der Waals surface area contributed by atoms with Crippen LogP contribution < -0.4 is 5.32 Å². The minimum absolute atomic E-state index is 0.141. The van der Waals surface area contributed by atoms with Crippen molar-refractivity contribution in [2.75, 3.05) is 5.32 Å². The van der Waals surface area contributed by atoms with Crippen molar-refractivity contribution in [1.82, 2.24) is 0 Å². The maximum absolute atomic E-state index is 12.6. The van der Waals surface area contributed by atoms with Gasteiger partial charge in [0.25, 0.3) is 11.6 Å². The Bertz CT molecular complexity index is 1070. The molecule has 0 fully saturated rings. The summed E-state index contributed by atoms with van der Waals surface area (Å²) in [5.41, 5.74) is 2.77. The number of carbonyl (C=O) groups excluding carboxylic acids is 1. The van der Waals surface area contributed by atoms with Gasteiger partial charge in [-0.2, -0.15) is 0 Å². The summed E-state index contributed by atoms with van der Waals surface area (Å²) in [5, 5.41) is 14.9. The average Bonchev–Trinajstić information content (AvgIpc) is 2.66. The van der Waals surface area contributed by atoms with Gasteiger partial charge in [-0.05, 0) is 49.7 Å². The average molecular weight is 413 g/mol. The molecule has 3 rings (SSSR count). The van der Waals surface area contributed by atoms with Crippen LogP contribution in [0.2, 0.25) is 5.02 Å². The van der Waals surface area contributed by atoms with Gasteiger partial charge in [-0.15, -0.1) is 0 Å². The molecule has 0 heterocycles. The van der Waals surface area contributed by atoms with Crippen molar-refractivity contribution in [2.24, 2.45) is 0 Å². The van der Waals surface area contributed by atoms with E-state index in [2.05, 4.69) is 5.32 Å². The molecule has 28 heavy (non-hydrogen) atoms. The lowest BCUT2D eigenvalue weighted by Crippen LogP contribution is -2.13. The van der Waals surface area contributed by atoms with Crippen LogP contribution in [0.5, 0.6) is 0 Å². The Labute approximate surface area is 171 Å². The van der Waals surface area contributed by atoms with Gasteiger partial charge in [-0.3, -0.25) is 14.9 Å². The highest BCUT2D eigenvalue weighted by atomic mass is 35.5. The number of nitro benzene ring substituents is 1. The Hall–Kier alpha value is -2.83. The molecule has 0 bridgehead atoms. The number of hydrogen-bond donors (Lipinski definition) is 1. The molecule has 0 radical (unpaired) electrons. The summed E-state index contributed by atoms with van der Waals surface area (Å²) in [6.45, 7) is 3.87. The van der Waals surface area contributed by atoms with E-state index in [1.54, 1.807) is 30.3 Å². The van der Waals surface area contributed by atoms with Gasteiger partial charge in [0.1, 0.15) is 0 Å². The van der Waals surface area contributed by atoms with Crippen LogP contribution in [0.25, 0.3) is 0 Å². The number of hydrogen-bond acceptors (Lipinski definition) is 4. The van der Waals surface area contributed by atoms with Gasteiger partial charge < -0.3 is 5.32 Å². The van der Waals surface area contributed by atoms with E-state index in [4.69, 9.17) is 11.6 Å². The number of nitro groups is 1. The highest BCUT2D eigenvalue weighted by Gasteiger charge is 2.19. The van der Waals surface area contributed by atoms with Crippen LogP contribution >= 0.6 is 23.4 Å². The zero-order chi connectivity index (χ0) is 20.3. The third kappa shape index (κ3) is 4.52. The maximum atomic E-state index is 12.6. The Morgan fingerprint density at radius 2 is 1.79 bits per heavy atom. The fraction of sp³-hybridized carbons (Fsp3) is 0.0952. The van der Waals surface area contributed by atoms with Crippen LogP contribution in [-0.2, 0) is 0 Å². The summed E-state index contributed by atoms with van der Waals surface area (Å²) in [7, 11) is 0. The molecule has 0 aliphatic carbocycles. The van der Waals surface area contributed by atoms with Crippen molar-refractivity contribution in [3.8, 4) is 0 Å². The molecule has 0 aromatic heterocycles. The molecule has 5 nitrogen and oxygen atoms in total. The van der Waals surface area contributed by atoms with Crippen molar-refractivity contribution >= 4 is 40.6 Å². The SMILES string of the molecule is Cc1ccc(NC(=O)c2ccc(Sc3ccccc3Cl)c([N+](=O)[O-])c2)c(C)c1. The Morgan fingerprint density at radius 3 is 2.46 bits per heavy atom. The predicted molar refractivity (Wildman–Crippen MR) is 113 cm³/mol. The second-order valence-electron chi connectivity index (χ2n) is 6.24. The van der Waals surface area contributed by atoms with Gasteiger partial charge in [0.2, 0.25) is 0 Å². The smallest absolute Gasteiger partial charge is 0.284 e. The monoisotopic (exact) mass is 412 g/mol. The summed E-state index contributed by atoms with van der Waals surface area (Å²) >= 11 is 7.34. The number of aryl methyl sites for hydroxylation is 2. The van der Waals surface area contributed by atoms with Crippen molar-refractivity contribution in [3.05, 3.63) is 92.5 Å². The maximum Gasteiger partial charge on any atom is 0.284 e. The third-order valence-electron chi connectivity index (χ3n) is 4.10. The molecule has 1 amide bonds. The highest BCUT2D eigenvalue weighted by molar-refractivity contribution is 7.99. The lowest BCUT2D eigenvalue weighted by atomic mass is 10.1. The zero-order valence-electron chi connectivity index (χ0n) is 15.2. The number of benzene rings is 3. The largest absolute Gasteiger partial charge is 0.322 e. The number of rotatable bonds is 5. The molecule has 0 aliphatic heterocycles. The summed E-state index contributed by atoms with van der Waals surface area (Å²) in [4.78, 5) is 24.8. The number of nitrogens with one attached hydrogen (secondary N) is 1. The van der Waals surface area contributed by atoms with Crippen LogP contribution in [0.4, 0.5) is 11.4 Å².